The van der Waals surface area contributed by atoms with E-state index < -0.39 is 5.97 Å². The molecule has 3 saturated carbocycles. The van der Waals surface area contributed by atoms with E-state index in [2.05, 4.69) is 19.9 Å². The molecular formula is C25H35NO6. The third-order valence-electron chi connectivity index (χ3n) is 9.43. The van der Waals surface area contributed by atoms with Crippen LogP contribution in [-0.2, 0) is 9.53 Å². The molecule has 6 unspecified atom stereocenters. The molecule has 1 aromatic rings. The smallest absolute Gasteiger partial charge is 0.358 e. The Morgan fingerprint density at radius 1 is 1.06 bits per heavy atom. The van der Waals surface area contributed by atoms with Crippen LogP contribution in [0.3, 0.4) is 0 Å². The Morgan fingerprint density at radius 3 is 2.56 bits per heavy atom. The lowest BCUT2D eigenvalue weighted by Crippen LogP contribution is -2.51. The molecule has 7 heteroatoms. The topological polar surface area (TPSA) is 101 Å². The zero-order valence-electron chi connectivity index (χ0n) is 19.0. The fourth-order valence-electron chi connectivity index (χ4n) is 7.60. The number of aliphatic hydroxyl groups is 1. The van der Waals surface area contributed by atoms with Gasteiger partial charge in [0.2, 0.25) is 11.8 Å². The summed E-state index contributed by atoms with van der Waals surface area (Å²) in [5, 5.41) is 29.8. The molecule has 0 amide bonds. The highest BCUT2D eigenvalue weighted by atomic mass is 16.7. The molecule has 4 aliphatic carbocycles. The van der Waals surface area contributed by atoms with Crippen LogP contribution < -0.4 is 4.84 Å². The Hall–Kier alpha value is -1.99. The van der Waals surface area contributed by atoms with Gasteiger partial charge in [-0.25, -0.2) is 4.79 Å². The number of ether oxygens (including phenoxy) is 1. The molecule has 0 radical (unpaired) electrons. The monoisotopic (exact) mass is 445 g/mol. The van der Waals surface area contributed by atoms with Crippen molar-refractivity contribution in [1.82, 2.24) is 4.73 Å². The Morgan fingerprint density at radius 2 is 1.81 bits per heavy atom. The summed E-state index contributed by atoms with van der Waals surface area (Å²) in [6, 6.07) is 2.48. The quantitative estimate of drug-likeness (QED) is 0.613. The zero-order valence-corrected chi connectivity index (χ0v) is 19.0. The summed E-state index contributed by atoms with van der Waals surface area (Å²) in [5.41, 5.74) is 1.74. The number of hydrogen-bond donors (Lipinski definition) is 3. The predicted octanol–water partition coefficient (Wildman–Crippen LogP) is 3.56. The van der Waals surface area contributed by atoms with Crippen molar-refractivity contribution < 1.29 is 29.7 Å². The largest absolute Gasteiger partial charge is 0.492 e. The minimum Gasteiger partial charge on any atom is -0.492 e. The molecule has 32 heavy (non-hydrogen) atoms. The van der Waals surface area contributed by atoms with Gasteiger partial charge in [-0.3, -0.25) is 0 Å². The second-order valence-electron chi connectivity index (χ2n) is 10.9. The van der Waals surface area contributed by atoms with Gasteiger partial charge in [-0.15, -0.1) is 4.73 Å². The van der Waals surface area contributed by atoms with E-state index in [1.807, 2.05) is 0 Å². The Bertz CT molecular complexity index is 904. The molecule has 0 aromatic carbocycles. The highest BCUT2D eigenvalue weighted by molar-refractivity contribution is 5.71. The standard InChI is InChI=1S/C25H35NO6/c1-24-11-9-16(31-14-23(30)32-26-21(28)7-8-22(26)29)13-15(24)3-4-17-18-5-6-20(27)25(18,2)12-10-19(17)24/h7-8,13,16-20,27-29H,3-6,9-12,14H2,1-2H3/t16-,17?,18?,19?,20?,24?,25?/m1/s1. The molecule has 4 aliphatic rings. The number of hydrogen-bond acceptors (Lipinski definition) is 6. The lowest BCUT2D eigenvalue weighted by atomic mass is 9.47. The van der Waals surface area contributed by atoms with E-state index in [0.29, 0.717) is 22.5 Å². The van der Waals surface area contributed by atoms with Crippen LogP contribution in [0.15, 0.2) is 23.8 Å². The summed E-state index contributed by atoms with van der Waals surface area (Å²) in [6.07, 6.45) is 10.5. The van der Waals surface area contributed by atoms with Crippen molar-refractivity contribution in [3.05, 3.63) is 23.8 Å². The molecule has 7 nitrogen and oxygen atoms in total. The van der Waals surface area contributed by atoms with Gasteiger partial charge in [-0.2, -0.15) is 0 Å². The fourth-order valence-corrected chi connectivity index (χ4v) is 7.60. The number of carbonyl (C=O) groups is 1. The van der Waals surface area contributed by atoms with Crippen LogP contribution in [0.25, 0.3) is 0 Å². The number of aromatic nitrogens is 1. The lowest BCUT2D eigenvalue weighted by molar-refractivity contribution is -0.152. The zero-order chi connectivity index (χ0) is 22.7. The highest BCUT2D eigenvalue weighted by Crippen LogP contribution is 2.65. The molecule has 3 fully saturated rings. The number of allylic oxidation sites excluding steroid dienone is 1. The van der Waals surface area contributed by atoms with Gasteiger partial charge in [0.15, 0.2) is 0 Å². The van der Waals surface area contributed by atoms with Crippen LogP contribution in [0.2, 0.25) is 0 Å². The minimum atomic E-state index is -0.673. The van der Waals surface area contributed by atoms with Crippen LogP contribution in [0.5, 0.6) is 11.8 Å². The summed E-state index contributed by atoms with van der Waals surface area (Å²) in [4.78, 5) is 17.1. The molecule has 1 heterocycles. The van der Waals surface area contributed by atoms with Crippen molar-refractivity contribution in [2.75, 3.05) is 6.61 Å². The molecular weight excluding hydrogens is 410 g/mol. The third-order valence-corrected chi connectivity index (χ3v) is 9.43. The molecule has 5 rings (SSSR count). The molecule has 7 atom stereocenters. The van der Waals surface area contributed by atoms with E-state index in [-0.39, 0.29) is 41.4 Å². The van der Waals surface area contributed by atoms with Crippen molar-refractivity contribution in [1.29, 1.82) is 0 Å². The van der Waals surface area contributed by atoms with Crippen LogP contribution >= 0.6 is 0 Å². The van der Waals surface area contributed by atoms with Gasteiger partial charge in [0.1, 0.15) is 6.61 Å². The highest BCUT2D eigenvalue weighted by Gasteiger charge is 2.58. The molecule has 0 saturated heterocycles. The Labute approximate surface area is 189 Å². The minimum absolute atomic E-state index is 0.0992. The van der Waals surface area contributed by atoms with E-state index in [1.165, 1.54) is 30.5 Å². The maximum absolute atomic E-state index is 12.1. The fraction of sp³-hybridized carbons (Fsp3) is 0.720. The molecule has 0 bridgehead atoms. The summed E-state index contributed by atoms with van der Waals surface area (Å²) in [6.45, 7) is 4.49. The van der Waals surface area contributed by atoms with Gasteiger partial charge in [-0.05, 0) is 80.0 Å². The van der Waals surface area contributed by atoms with Crippen molar-refractivity contribution in [2.45, 2.75) is 77.4 Å². The molecule has 176 valence electrons. The van der Waals surface area contributed by atoms with Gasteiger partial charge in [0.25, 0.3) is 0 Å². The van der Waals surface area contributed by atoms with Crippen molar-refractivity contribution in [2.24, 2.45) is 28.6 Å². The molecule has 0 spiro atoms. The van der Waals surface area contributed by atoms with Gasteiger partial charge >= 0.3 is 5.97 Å². The molecule has 0 aliphatic heterocycles. The SMILES string of the molecule is CC12CC[C@@H](OCC(=O)On3c(O)ccc3O)C=C1CCC1C2CCC2(C)C(O)CCC12. The first-order valence-corrected chi connectivity index (χ1v) is 12.0. The number of nitrogens with zero attached hydrogens (tertiary/aromatic N) is 1. The molecule has 3 N–H and O–H groups in total. The van der Waals surface area contributed by atoms with E-state index in [4.69, 9.17) is 9.57 Å². The summed E-state index contributed by atoms with van der Waals surface area (Å²) in [7, 11) is 0. The molecule has 1 aromatic heterocycles. The average Bonchev–Trinajstić information content (AvgIpc) is 3.25. The Kier molecular flexibility index (Phi) is 5.32. The van der Waals surface area contributed by atoms with Crippen molar-refractivity contribution >= 4 is 5.97 Å². The number of rotatable bonds is 4. The van der Waals surface area contributed by atoms with Gasteiger partial charge < -0.3 is 24.9 Å². The summed E-state index contributed by atoms with van der Waals surface area (Å²) in [5.74, 6) is 0.635. The van der Waals surface area contributed by atoms with Crippen LogP contribution in [0.4, 0.5) is 0 Å². The van der Waals surface area contributed by atoms with Crippen LogP contribution in [0, 0.1) is 28.6 Å². The van der Waals surface area contributed by atoms with Crippen molar-refractivity contribution in [3.63, 3.8) is 0 Å². The first-order valence-electron chi connectivity index (χ1n) is 12.0. The number of aromatic hydroxyl groups is 2. The lowest BCUT2D eigenvalue weighted by Gasteiger charge is -2.58. The van der Waals surface area contributed by atoms with Crippen molar-refractivity contribution in [3.8, 4) is 11.8 Å². The average molecular weight is 446 g/mol. The normalized spacial score (nSPS) is 40.7. The summed E-state index contributed by atoms with van der Waals surface area (Å²) >= 11 is 0. The first kappa shape index (κ1) is 21.8. The number of carbonyl (C=O) groups excluding carboxylic acids is 1. The maximum atomic E-state index is 12.1. The van der Waals surface area contributed by atoms with E-state index >= 15 is 0 Å². The van der Waals surface area contributed by atoms with E-state index in [0.717, 1.165) is 38.5 Å². The number of fused-ring (bicyclic) bond motifs is 5. The van der Waals surface area contributed by atoms with Crippen LogP contribution in [-0.4, -0.2) is 44.8 Å². The van der Waals surface area contributed by atoms with Gasteiger partial charge in [0, 0.05) is 12.1 Å². The first-order chi connectivity index (χ1) is 15.2. The van der Waals surface area contributed by atoms with Crippen LogP contribution in [0.1, 0.15) is 65.2 Å². The predicted molar refractivity (Wildman–Crippen MR) is 117 cm³/mol. The Balaban J connectivity index is 1.23. The van der Waals surface area contributed by atoms with E-state index in [1.54, 1.807) is 0 Å². The second-order valence-corrected chi connectivity index (χ2v) is 10.9. The van der Waals surface area contributed by atoms with Gasteiger partial charge in [-0.1, -0.05) is 25.5 Å². The summed E-state index contributed by atoms with van der Waals surface area (Å²) < 4.78 is 6.52. The number of aliphatic hydroxyl groups excluding tert-OH is 1. The van der Waals surface area contributed by atoms with Gasteiger partial charge in [0.05, 0.1) is 12.2 Å². The maximum Gasteiger partial charge on any atom is 0.358 e. The third kappa shape index (κ3) is 3.36. The van der Waals surface area contributed by atoms with E-state index in [9.17, 15) is 20.1 Å². The second kappa shape index (κ2) is 7.80.